The molecule has 0 atom stereocenters. The first-order valence-electron chi connectivity index (χ1n) is 11.9. The molecule has 0 unspecified atom stereocenters. The van der Waals surface area contributed by atoms with Crippen molar-refractivity contribution in [1.29, 1.82) is 0 Å². The van der Waals surface area contributed by atoms with Crippen molar-refractivity contribution in [3.05, 3.63) is 97.3 Å². The third-order valence-corrected chi connectivity index (χ3v) is 5.84. The van der Waals surface area contributed by atoms with E-state index in [1.165, 1.54) is 39.7 Å². The molecule has 0 amide bonds. The van der Waals surface area contributed by atoms with E-state index in [9.17, 15) is 0 Å². The van der Waals surface area contributed by atoms with E-state index >= 15 is 0 Å². The molecular formula is C30H42N2Pd. The minimum absolute atomic E-state index is 0. The van der Waals surface area contributed by atoms with Gasteiger partial charge in [0.2, 0.25) is 0 Å². The molecule has 2 aromatic carbocycles. The Hall–Kier alpha value is -1.95. The van der Waals surface area contributed by atoms with Crippen LogP contribution in [0.1, 0.15) is 101 Å². The predicted octanol–water partition coefficient (Wildman–Crippen LogP) is 9.10. The molecule has 182 valence electrons. The van der Waals surface area contributed by atoms with Gasteiger partial charge in [0.15, 0.2) is 0 Å². The standard InChI is InChI=1S/C27H37N2.C3H5.Pd/c1-18(2)22-11-9-12-23(19(3)4)26(22)28-15-16-29(17-28)27-24(20(5)6)13-10-14-25(27)21(7)8;1-3-2;/h9-21H,1-8H3;3H,1-2H2;/q2*-1;+2. The fourth-order valence-electron chi connectivity index (χ4n) is 4.24. The summed E-state index contributed by atoms with van der Waals surface area (Å²) in [4.78, 5) is 4.65. The van der Waals surface area contributed by atoms with Gasteiger partial charge >= 0.3 is 20.4 Å². The van der Waals surface area contributed by atoms with Crippen molar-refractivity contribution in [3.63, 3.8) is 0 Å². The van der Waals surface area contributed by atoms with E-state index in [0.29, 0.717) is 23.7 Å². The molecule has 1 aliphatic heterocycles. The van der Waals surface area contributed by atoms with Crippen LogP contribution in [-0.2, 0) is 20.4 Å². The van der Waals surface area contributed by atoms with Crippen molar-refractivity contribution in [1.82, 2.24) is 0 Å². The topological polar surface area (TPSA) is 6.48 Å². The smallest absolute Gasteiger partial charge is 0.479 e. The van der Waals surface area contributed by atoms with Crippen molar-refractivity contribution in [2.24, 2.45) is 0 Å². The number of benzene rings is 2. The fraction of sp³-hybridized carbons (Fsp3) is 0.400. The van der Waals surface area contributed by atoms with Crippen LogP contribution >= 0.6 is 0 Å². The maximum absolute atomic E-state index is 3.25. The Kier molecular flexibility index (Phi) is 11.5. The van der Waals surface area contributed by atoms with Gasteiger partial charge in [-0.05, 0) is 58.3 Å². The van der Waals surface area contributed by atoms with Crippen molar-refractivity contribution in [2.45, 2.75) is 79.1 Å². The number of allylic oxidation sites excluding steroid dienone is 1. The second-order valence-electron chi connectivity index (χ2n) is 9.71. The summed E-state index contributed by atoms with van der Waals surface area (Å²) in [5, 5.41) is 0. The largest absolute Gasteiger partial charge is 2.00 e. The van der Waals surface area contributed by atoms with Gasteiger partial charge in [-0.15, -0.1) is 6.67 Å². The van der Waals surface area contributed by atoms with Gasteiger partial charge in [0, 0.05) is 11.4 Å². The third-order valence-electron chi connectivity index (χ3n) is 5.84. The van der Waals surface area contributed by atoms with Crippen LogP contribution in [0, 0.1) is 13.6 Å². The number of nitrogens with zero attached hydrogens (tertiary/aromatic N) is 2. The summed E-state index contributed by atoms with van der Waals surface area (Å²) in [6.07, 6.45) is 5.93. The van der Waals surface area contributed by atoms with E-state index in [0.717, 1.165) is 0 Å². The number of rotatable bonds is 6. The second-order valence-corrected chi connectivity index (χ2v) is 9.71. The van der Waals surface area contributed by atoms with Crippen LogP contribution < -0.4 is 9.80 Å². The second kappa shape index (κ2) is 13.1. The van der Waals surface area contributed by atoms with Gasteiger partial charge < -0.3 is 9.80 Å². The van der Waals surface area contributed by atoms with Crippen LogP contribution in [0.3, 0.4) is 0 Å². The molecule has 3 rings (SSSR count). The van der Waals surface area contributed by atoms with Gasteiger partial charge in [0.1, 0.15) is 0 Å². The molecular weight excluding hydrogens is 495 g/mol. The normalized spacial score (nSPS) is 13.0. The Morgan fingerprint density at radius 3 is 1.12 bits per heavy atom. The first-order valence-corrected chi connectivity index (χ1v) is 11.9. The van der Waals surface area contributed by atoms with Gasteiger partial charge in [-0.2, -0.15) is 0 Å². The summed E-state index contributed by atoms with van der Waals surface area (Å²) in [5.41, 5.74) is 8.29. The van der Waals surface area contributed by atoms with E-state index in [-0.39, 0.29) is 20.4 Å². The number of hydrogen-bond donors (Lipinski definition) is 0. The van der Waals surface area contributed by atoms with Crippen molar-refractivity contribution in [3.8, 4) is 0 Å². The summed E-state index contributed by atoms with van der Waals surface area (Å²) in [7, 11) is 0. The summed E-state index contributed by atoms with van der Waals surface area (Å²) in [6.45, 7) is 27.0. The molecule has 0 aliphatic carbocycles. The van der Waals surface area contributed by atoms with Gasteiger partial charge in [-0.3, -0.25) is 0 Å². The van der Waals surface area contributed by atoms with Crippen LogP contribution in [0.5, 0.6) is 0 Å². The van der Waals surface area contributed by atoms with E-state index in [1.54, 1.807) is 0 Å². The summed E-state index contributed by atoms with van der Waals surface area (Å²) in [5.74, 6) is 1.92. The molecule has 0 bridgehead atoms. The summed E-state index contributed by atoms with van der Waals surface area (Å²) in [6, 6.07) is 13.5. The molecule has 0 fully saturated rings. The SMILES string of the molecule is C=C[CH2-].CC(C)c1cccc(C(C)C)c1N1C=CN(c2c(C(C)C)cccc2C(C)C)[CH-]1.[Pd+2]. The Morgan fingerprint density at radius 1 is 0.667 bits per heavy atom. The molecule has 33 heavy (non-hydrogen) atoms. The van der Waals surface area contributed by atoms with Gasteiger partial charge in [-0.25, -0.2) is 19.6 Å². The van der Waals surface area contributed by atoms with Gasteiger partial charge in [0.05, 0.1) is 0 Å². The van der Waals surface area contributed by atoms with Crippen LogP contribution in [-0.4, -0.2) is 0 Å². The quantitative estimate of drug-likeness (QED) is 0.268. The first kappa shape index (κ1) is 29.1. The Balaban J connectivity index is 0.00000129. The molecule has 3 heteroatoms. The molecule has 0 saturated carbocycles. The minimum atomic E-state index is 0. The molecule has 2 aromatic rings. The van der Waals surface area contributed by atoms with E-state index in [2.05, 4.69) is 134 Å². The molecule has 1 heterocycles. The molecule has 0 spiro atoms. The van der Waals surface area contributed by atoms with E-state index in [4.69, 9.17) is 0 Å². The molecule has 0 aromatic heterocycles. The minimum Gasteiger partial charge on any atom is -0.479 e. The monoisotopic (exact) mass is 536 g/mol. The van der Waals surface area contributed by atoms with Crippen LogP contribution in [0.2, 0.25) is 0 Å². The van der Waals surface area contributed by atoms with Crippen LogP contribution in [0.25, 0.3) is 0 Å². The van der Waals surface area contributed by atoms with Crippen LogP contribution in [0.4, 0.5) is 11.4 Å². The molecule has 2 nitrogen and oxygen atoms in total. The zero-order valence-corrected chi connectivity index (χ0v) is 23.3. The summed E-state index contributed by atoms with van der Waals surface area (Å²) >= 11 is 0. The van der Waals surface area contributed by atoms with Gasteiger partial charge in [-0.1, -0.05) is 91.8 Å². The molecule has 0 N–H and O–H groups in total. The maximum Gasteiger partial charge on any atom is 2.00 e. The van der Waals surface area contributed by atoms with E-state index < -0.39 is 0 Å². The Bertz CT molecular complexity index is 801. The predicted molar refractivity (Wildman–Crippen MR) is 143 cm³/mol. The Morgan fingerprint density at radius 2 is 0.909 bits per heavy atom. The first-order chi connectivity index (χ1) is 15.1. The number of para-hydroxylation sites is 2. The molecule has 0 radical (unpaired) electrons. The maximum atomic E-state index is 3.25. The number of hydrogen-bond acceptors (Lipinski definition) is 2. The van der Waals surface area contributed by atoms with Crippen molar-refractivity contribution in [2.75, 3.05) is 9.80 Å². The van der Waals surface area contributed by atoms with Crippen molar-refractivity contribution < 1.29 is 20.4 Å². The fourth-order valence-corrected chi connectivity index (χ4v) is 4.24. The van der Waals surface area contributed by atoms with Crippen molar-refractivity contribution >= 4 is 11.4 Å². The zero-order chi connectivity index (χ0) is 24.0. The molecule has 1 aliphatic rings. The molecule has 0 saturated heterocycles. The average Bonchev–Trinajstić information content (AvgIpc) is 3.22. The van der Waals surface area contributed by atoms with E-state index in [1.807, 2.05) is 0 Å². The Labute approximate surface area is 217 Å². The third kappa shape index (κ3) is 6.78. The zero-order valence-electron chi connectivity index (χ0n) is 21.7. The van der Waals surface area contributed by atoms with Gasteiger partial charge in [0.25, 0.3) is 0 Å². The number of anilines is 2. The average molecular weight is 537 g/mol. The van der Waals surface area contributed by atoms with Crippen LogP contribution in [0.15, 0.2) is 61.5 Å². The summed E-state index contributed by atoms with van der Waals surface area (Å²) < 4.78 is 0.